The van der Waals surface area contributed by atoms with Crippen LogP contribution < -0.4 is 5.73 Å². The maximum absolute atomic E-state index is 10.5. The molecule has 3 N–H and O–H groups in total. The predicted octanol–water partition coefficient (Wildman–Crippen LogP) is 3.64. The molecule has 0 unspecified atom stereocenters. The summed E-state index contributed by atoms with van der Waals surface area (Å²) in [6, 6.07) is 20.7. The Balaban J connectivity index is 0.00000169. The molecule has 0 saturated carbocycles. The molecule has 0 spiro atoms. The minimum absolute atomic E-state index is 0. The molecule has 26 heavy (non-hydrogen) atoms. The summed E-state index contributed by atoms with van der Waals surface area (Å²) in [7, 11) is 0. The van der Waals surface area contributed by atoms with Gasteiger partial charge in [-0.2, -0.15) is 0 Å². The lowest BCUT2D eigenvalue weighted by Crippen LogP contribution is -2.47. The number of piperidine rings is 1. The number of rotatable bonds is 6. The van der Waals surface area contributed by atoms with Gasteiger partial charge in [0.2, 0.25) is 0 Å². The van der Waals surface area contributed by atoms with Crippen LogP contribution in [0.3, 0.4) is 0 Å². The van der Waals surface area contributed by atoms with Gasteiger partial charge < -0.3 is 15.7 Å². The van der Waals surface area contributed by atoms with Crippen LogP contribution in [0.5, 0.6) is 0 Å². The molecule has 3 nitrogen and oxygen atoms in total. The van der Waals surface area contributed by atoms with Crippen molar-refractivity contribution in [2.75, 3.05) is 19.6 Å². The van der Waals surface area contributed by atoms with Crippen LogP contribution in [0.2, 0.25) is 0 Å². The highest BCUT2D eigenvalue weighted by Crippen LogP contribution is 2.26. The number of aliphatic hydroxyl groups excluding tert-OH is 1. The summed E-state index contributed by atoms with van der Waals surface area (Å²) >= 11 is 0. The fourth-order valence-corrected chi connectivity index (χ4v) is 3.64. The predicted molar refractivity (Wildman–Crippen MR) is 113 cm³/mol. The van der Waals surface area contributed by atoms with E-state index in [2.05, 4.69) is 47.4 Å². The molecule has 1 aliphatic rings. The third-order valence-corrected chi connectivity index (χ3v) is 5.03. The van der Waals surface area contributed by atoms with E-state index in [1.807, 2.05) is 18.2 Å². The van der Waals surface area contributed by atoms with Gasteiger partial charge in [0.05, 0.1) is 6.10 Å². The van der Waals surface area contributed by atoms with Crippen molar-refractivity contribution < 1.29 is 5.11 Å². The largest absolute Gasteiger partial charge is 0.390 e. The molecule has 2 aromatic rings. The summed E-state index contributed by atoms with van der Waals surface area (Å²) in [5.41, 5.74) is 8.83. The first-order chi connectivity index (χ1) is 11.7. The second-order valence-corrected chi connectivity index (χ2v) is 6.93. The lowest BCUT2D eigenvalue weighted by atomic mass is 9.90. The average molecular weight is 397 g/mol. The normalized spacial score (nSPS) is 19.7. The van der Waals surface area contributed by atoms with Crippen LogP contribution in [0.15, 0.2) is 60.7 Å². The van der Waals surface area contributed by atoms with E-state index in [1.165, 1.54) is 24.0 Å². The SMILES string of the molecule is Cl.Cl.N[C@H](Cc1ccccc1)[C@@H](O)CN1CCC[C@H](c2ccccc2)C1. The van der Waals surface area contributed by atoms with Crippen molar-refractivity contribution in [1.82, 2.24) is 4.90 Å². The Kier molecular flexibility index (Phi) is 10.2. The summed E-state index contributed by atoms with van der Waals surface area (Å²) < 4.78 is 0. The fraction of sp³-hybridized carbons (Fsp3) is 0.429. The number of benzene rings is 2. The van der Waals surface area contributed by atoms with E-state index in [-0.39, 0.29) is 30.9 Å². The maximum atomic E-state index is 10.5. The zero-order chi connectivity index (χ0) is 16.8. The van der Waals surface area contributed by atoms with E-state index in [9.17, 15) is 5.11 Å². The second-order valence-electron chi connectivity index (χ2n) is 6.93. The van der Waals surface area contributed by atoms with Crippen molar-refractivity contribution >= 4 is 24.8 Å². The molecule has 3 atom stereocenters. The molecule has 0 aromatic heterocycles. The number of nitrogens with zero attached hydrogens (tertiary/aromatic N) is 1. The summed E-state index contributed by atoms with van der Waals surface area (Å²) in [4.78, 5) is 2.37. The first-order valence-electron chi connectivity index (χ1n) is 8.97. The molecule has 3 rings (SSSR count). The van der Waals surface area contributed by atoms with Crippen molar-refractivity contribution in [2.24, 2.45) is 5.73 Å². The summed E-state index contributed by atoms with van der Waals surface area (Å²) in [5, 5.41) is 10.5. The van der Waals surface area contributed by atoms with Gasteiger partial charge in [0.25, 0.3) is 0 Å². The third-order valence-electron chi connectivity index (χ3n) is 5.03. The molecule has 0 radical (unpaired) electrons. The molecule has 0 bridgehead atoms. The van der Waals surface area contributed by atoms with Gasteiger partial charge in [0, 0.05) is 19.1 Å². The van der Waals surface area contributed by atoms with Gasteiger partial charge in [-0.15, -0.1) is 24.8 Å². The van der Waals surface area contributed by atoms with Gasteiger partial charge in [0.1, 0.15) is 0 Å². The summed E-state index contributed by atoms with van der Waals surface area (Å²) in [5.74, 6) is 0.567. The van der Waals surface area contributed by atoms with Crippen molar-refractivity contribution in [3.05, 3.63) is 71.8 Å². The van der Waals surface area contributed by atoms with Crippen molar-refractivity contribution in [3.8, 4) is 0 Å². The molecule has 0 amide bonds. The molecule has 144 valence electrons. The molecule has 0 aliphatic carbocycles. The Morgan fingerprint density at radius 3 is 2.27 bits per heavy atom. The van der Waals surface area contributed by atoms with E-state index in [0.717, 1.165) is 19.5 Å². The van der Waals surface area contributed by atoms with E-state index >= 15 is 0 Å². The highest BCUT2D eigenvalue weighted by Gasteiger charge is 2.25. The number of hydrogen-bond donors (Lipinski definition) is 2. The Labute approximate surface area is 169 Å². The minimum atomic E-state index is -0.486. The standard InChI is InChI=1S/C21H28N2O.2ClH/c22-20(14-17-8-3-1-4-9-17)21(24)16-23-13-7-12-19(15-23)18-10-5-2-6-11-18;;/h1-6,8-11,19-21,24H,7,12-16,22H2;2*1H/t19-,20+,21-;;/m0../s1. The average Bonchev–Trinajstić information content (AvgIpc) is 2.63. The molecular formula is C21H30Cl2N2O. The Bertz CT molecular complexity index is 612. The van der Waals surface area contributed by atoms with Gasteiger partial charge in [-0.05, 0) is 42.9 Å². The Morgan fingerprint density at radius 2 is 1.62 bits per heavy atom. The van der Waals surface area contributed by atoms with Crippen molar-refractivity contribution in [2.45, 2.75) is 37.3 Å². The third kappa shape index (κ3) is 6.57. The van der Waals surface area contributed by atoms with E-state index < -0.39 is 6.10 Å². The van der Waals surface area contributed by atoms with Gasteiger partial charge in [0.15, 0.2) is 0 Å². The van der Waals surface area contributed by atoms with Crippen molar-refractivity contribution in [1.29, 1.82) is 0 Å². The molecule has 5 heteroatoms. The summed E-state index contributed by atoms with van der Waals surface area (Å²) in [6.07, 6.45) is 2.64. The highest BCUT2D eigenvalue weighted by molar-refractivity contribution is 5.85. The van der Waals surface area contributed by atoms with Crippen LogP contribution in [0.25, 0.3) is 0 Å². The molecule has 2 aromatic carbocycles. The van der Waals surface area contributed by atoms with Gasteiger partial charge in [-0.25, -0.2) is 0 Å². The summed E-state index contributed by atoms with van der Waals surface area (Å²) in [6.45, 7) is 2.73. The number of nitrogens with two attached hydrogens (primary N) is 1. The minimum Gasteiger partial charge on any atom is -0.390 e. The number of hydrogen-bond acceptors (Lipinski definition) is 3. The number of aliphatic hydroxyl groups is 1. The van der Waals surface area contributed by atoms with E-state index in [4.69, 9.17) is 5.73 Å². The Morgan fingerprint density at radius 1 is 1.00 bits per heavy atom. The lowest BCUT2D eigenvalue weighted by molar-refractivity contribution is 0.0772. The number of likely N-dealkylation sites (tertiary alicyclic amines) is 1. The highest BCUT2D eigenvalue weighted by atomic mass is 35.5. The van der Waals surface area contributed by atoms with Crippen molar-refractivity contribution in [3.63, 3.8) is 0 Å². The lowest BCUT2D eigenvalue weighted by Gasteiger charge is -2.35. The van der Waals surface area contributed by atoms with Crippen LogP contribution in [-0.4, -0.2) is 41.8 Å². The van der Waals surface area contributed by atoms with Crippen LogP contribution >= 0.6 is 24.8 Å². The van der Waals surface area contributed by atoms with Gasteiger partial charge >= 0.3 is 0 Å². The number of β-amino-alcohol motifs (C(OH)–C–C–N with tert-alkyl or cyclic N) is 1. The van der Waals surface area contributed by atoms with Gasteiger partial charge in [-0.1, -0.05) is 60.7 Å². The van der Waals surface area contributed by atoms with Crippen LogP contribution in [-0.2, 0) is 6.42 Å². The van der Waals surface area contributed by atoms with Crippen LogP contribution in [0.4, 0.5) is 0 Å². The molecule has 1 heterocycles. The fourth-order valence-electron chi connectivity index (χ4n) is 3.64. The van der Waals surface area contributed by atoms with Crippen LogP contribution in [0, 0.1) is 0 Å². The monoisotopic (exact) mass is 396 g/mol. The Hall–Kier alpha value is -1.10. The molecule has 1 aliphatic heterocycles. The topological polar surface area (TPSA) is 49.5 Å². The van der Waals surface area contributed by atoms with E-state index in [0.29, 0.717) is 12.5 Å². The van der Waals surface area contributed by atoms with E-state index in [1.54, 1.807) is 0 Å². The van der Waals surface area contributed by atoms with Gasteiger partial charge in [-0.3, -0.25) is 0 Å². The first kappa shape index (κ1) is 22.9. The molecule has 1 saturated heterocycles. The quantitative estimate of drug-likeness (QED) is 0.783. The zero-order valence-electron chi connectivity index (χ0n) is 15.0. The maximum Gasteiger partial charge on any atom is 0.0820 e. The zero-order valence-corrected chi connectivity index (χ0v) is 16.7. The molecule has 1 fully saturated rings. The smallest absolute Gasteiger partial charge is 0.0820 e. The van der Waals surface area contributed by atoms with Crippen LogP contribution in [0.1, 0.15) is 29.9 Å². The number of halogens is 2. The first-order valence-corrected chi connectivity index (χ1v) is 8.97. The second kappa shape index (κ2) is 11.6. The molecular weight excluding hydrogens is 367 g/mol.